The molecule has 0 aliphatic carbocycles. The van der Waals surface area contributed by atoms with E-state index in [1.54, 1.807) is 7.11 Å². The second-order valence-electron chi connectivity index (χ2n) is 7.06. The molecule has 3 aromatic rings. The van der Waals surface area contributed by atoms with Gasteiger partial charge in [0.05, 0.1) is 6.10 Å². The van der Waals surface area contributed by atoms with Gasteiger partial charge in [-0.25, -0.2) is 0 Å². The number of methoxy groups -OCH3 is 1. The molecule has 0 saturated heterocycles. The molecule has 0 saturated carbocycles. The van der Waals surface area contributed by atoms with Crippen molar-refractivity contribution >= 4 is 11.6 Å². The largest absolute Gasteiger partial charge is 0.381 e. The summed E-state index contributed by atoms with van der Waals surface area (Å²) in [7, 11) is 1.79. The van der Waals surface area contributed by atoms with Crippen molar-refractivity contribution in [3.63, 3.8) is 0 Å². The highest BCUT2D eigenvalue weighted by atomic mass is 16.5. The van der Waals surface area contributed by atoms with Crippen LogP contribution in [0.1, 0.15) is 28.0 Å². The second-order valence-corrected chi connectivity index (χ2v) is 7.06. The van der Waals surface area contributed by atoms with Gasteiger partial charge < -0.3 is 14.6 Å². The Bertz CT molecular complexity index is 957. The fourth-order valence-corrected chi connectivity index (χ4v) is 3.76. The van der Waals surface area contributed by atoms with E-state index in [1.165, 1.54) is 11.4 Å². The Morgan fingerprint density at radius 2 is 1.85 bits per heavy atom. The third-order valence-electron chi connectivity index (χ3n) is 5.34. The van der Waals surface area contributed by atoms with Gasteiger partial charge in [0.1, 0.15) is 0 Å². The lowest BCUT2D eigenvalue weighted by molar-refractivity contribution is 0.0812. The minimum absolute atomic E-state index is 0.0773. The monoisotopic (exact) mass is 360 g/mol. The quantitative estimate of drug-likeness (QED) is 0.734. The minimum atomic E-state index is -0.0773. The predicted molar refractivity (Wildman–Crippen MR) is 108 cm³/mol. The number of fused-ring (bicyclic) bond motifs is 1. The number of ether oxygens (including phenoxy) is 1. The number of amides is 1. The van der Waals surface area contributed by atoms with E-state index in [1.807, 2.05) is 43.3 Å². The number of rotatable bonds is 4. The molecule has 2 heterocycles. The molecule has 4 heteroatoms. The van der Waals surface area contributed by atoms with Crippen LogP contribution >= 0.6 is 0 Å². The molecule has 0 spiro atoms. The Kier molecular flexibility index (Phi) is 4.82. The van der Waals surface area contributed by atoms with Crippen molar-refractivity contribution in [3.05, 3.63) is 77.5 Å². The lowest BCUT2D eigenvalue weighted by Gasteiger charge is -2.24. The summed E-state index contributed by atoms with van der Waals surface area (Å²) in [6, 6.07) is 20.0. The van der Waals surface area contributed by atoms with Gasteiger partial charge in [-0.15, -0.1) is 0 Å². The van der Waals surface area contributed by atoms with Gasteiger partial charge in [0.2, 0.25) is 0 Å². The Morgan fingerprint density at radius 1 is 1.07 bits per heavy atom. The van der Waals surface area contributed by atoms with Crippen LogP contribution in [-0.4, -0.2) is 23.7 Å². The fraction of sp³-hybridized carbons (Fsp3) is 0.261. The zero-order valence-corrected chi connectivity index (χ0v) is 15.7. The van der Waals surface area contributed by atoms with Crippen LogP contribution in [0.3, 0.4) is 0 Å². The van der Waals surface area contributed by atoms with Crippen molar-refractivity contribution in [3.8, 4) is 11.3 Å². The van der Waals surface area contributed by atoms with E-state index in [2.05, 4.69) is 34.1 Å². The lowest BCUT2D eigenvalue weighted by Crippen LogP contribution is -2.24. The normalized spacial score (nSPS) is 16.0. The summed E-state index contributed by atoms with van der Waals surface area (Å²) in [5.74, 6) is -0.0773. The van der Waals surface area contributed by atoms with Crippen LogP contribution < -0.4 is 5.32 Å². The summed E-state index contributed by atoms with van der Waals surface area (Å²) in [5, 5.41) is 2.99. The maximum Gasteiger partial charge on any atom is 0.255 e. The summed E-state index contributed by atoms with van der Waals surface area (Å²) in [4.78, 5) is 12.5. The van der Waals surface area contributed by atoms with Crippen LogP contribution in [-0.2, 0) is 17.7 Å². The van der Waals surface area contributed by atoms with Crippen molar-refractivity contribution in [1.82, 2.24) is 4.57 Å². The summed E-state index contributed by atoms with van der Waals surface area (Å²) in [6.45, 7) is 2.92. The van der Waals surface area contributed by atoms with E-state index in [-0.39, 0.29) is 5.91 Å². The number of carbonyl (C=O) groups is 1. The van der Waals surface area contributed by atoms with Crippen molar-refractivity contribution in [1.29, 1.82) is 0 Å². The molecule has 1 unspecified atom stereocenters. The third-order valence-corrected chi connectivity index (χ3v) is 5.34. The van der Waals surface area contributed by atoms with Gasteiger partial charge >= 0.3 is 0 Å². The molecular weight excluding hydrogens is 336 g/mol. The van der Waals surface area contributed by atoms with E-state index in [0.717, 1.165) is 36.2 Å². The summed E-state index contributed by atoms with van der Waals surface area (Å²) >= 11 is 0. The molecule has 4 rings (SSSR count). The molecule has 1 aromatic heterocycles. The second kappa shape index (κ2) is 7.41. The zero-order valence-electron chi connectivity index (χ0n) is 15.7. The number of nitrogens with one attached hydrogen (secondary N) is 1. The van der Waals surface area contributed by atoms with E-state index in [0.29, 0.717) is 11.7 Å². The Hall–Kier alpha value is -2.85. The SMILES string of the molecule is COC1CCn2c(ccc2-c2ccc(NC(=O)c3ccccc3C)cc2)C1. The molecule has 4 nitrogen and oxygen atoms in total. The van der Waals surface area contributed by atoms with Crippen molar-refractivity contribution in [2.45, 2.75) is 32.4 Å². The number of anilines is 1. The van der Waals surface area contributed by atoms with Gasteiger partial charge in [-0.3, -0.25) is 4.79 Å². The number of hydrogen-bond acceptors (Lipinski definition) is 2. The molecule has 0 fully saturated rings. The standard InChI is InChI=1S/C23H24N2O2/c1-16-5-3-4-6-21(16)23(26)24-18-9-7-17(8-10-18)22-12-11-19-15-20(27-2)13-14-25(19)22/h3-12,20H,13-15H2,1-2H3,(H,24,26). The molecule has 1 aliphatic heterocycles. The highest BCUT2D eigenvalue weighted by Crippen LogP contribution is 2.28. The van der Waals surface area contributed by atoms with Crippen molar-refractivity contribution < 1.29 is 9.53 Å². The zero-order chi connectivity index (χ0) is 18.8. The van der Waals surface area contributed by atoms with Gasteiger partial charge in [0.25, 0.3) is 5.91 Å². The van der Waals surface area contributed by atoms with E-state index in [9.17, 15) is 4.79 Å². The minimum Gasteiger partial charge on any atom is -0.381 e. The smallest absolute Gasteiger partial charge is 0.255 e. The lowest BCUT2D eigenvalue weighted by atomic mass is 10.1. The molecule has 1 aliphatic rings. The van der Waals surface area contributed by atoms with E-state index in [4.69, 9.17) is 4.74 Å². The molecule has 1 N–H and O–H groups in total. The molecule has 0 radical (unpaired) electrons. The number of aromatic nitrogens is 1. The Labute approximate surface area is 159 Å². The van der Waals surface area contributed by atoms with Crippen molar-refractivity contribution in [2.75, 3.05) is 12.4 Å². The van der Waals surface area contributed by atoms with Gasteiger partial charge in [-0.2, -0.15) is 0 Å². The average molecular weight is 360 g/mol. The predicted octanol–water partition coefficient (Wildman–Crippen LogP) is 4.68. The maximum absolute atomic E-state index is 12.5. The van der Waals surface area contributed by atoms with Crippen LogP contribution in [0.4, 0.5) is 5.69 Å². The summed E-state index contributed by atoms with van der Waals surface area (Å²) in [5.41, 5.74) is 6.18. The fourth-order valence-electron chi connectivity index (χ4n) is 3.76. The molecule has 27 heavy (non-hydrogen) atoms. The molecule has 1 amide bonds. The van der Waals surface area contributed by atoms with Crippen LogP contribution in [0.5, 0.6) is 0 Å². The number of nitrogens with zero attached hydrogens (tertiary/aromatic N) is 1. The van der Waals surface area contributed by atoms with Gasteiger partial charge in [0.15, 0.2) is 0 Å². The van der Waals surface area contributed by atoms with Gasteiger partial charge in [-0.1, -0.05) is 30.3 Å². The first kappa shape index (κ1) is 17.6. The topological polar surface area (TPSA) is 43.3 Å². The van der Waals surface area contributed by atoms with Crippen LogP contribution in [0.15, 0.2) is 60.7 Å². The number of benzene rings is 2. The molecule has 138 valence electrons. The number of hydrogen-bond donors (Lipinski definition) is 1. The number of aryl methyl sites for hydroxylation is 1. The molecular formula is C23H24N2O2. The van der Waals surface area contributed by atoms with Crippen LogP contribution in [0.25, 0.3) is 11.3 Å². The first-order valence-electron chi connectivity index (χ1n) is 9.34. The summed E-state index contributed by atoms with van der Waals surface area (Å²) < 4.78 is 7.88. The highest BCUT2D eigenvalue weighted by molar-refractivity contribution is 6.05. The van der Waals surface area contributed by atoms with Crippen LogP contribution in [0.2, 0.25) is 0 Å². The first-order chi connectivity index (χ1) is 13.2. The average Bonchev–Trinajstić information content (AvgIpc) is 3.12. The highest BCUT2D eigenvalue weighted by Gasteiger charge is 2.20. The van der Waals surface area contributed by atoms with E-state index < -0.39 is 0 Å². The molecule has 1 atom stereocenters. The first-order valence-corrected chi connectivity index (χ1v) is 9.34. The Morgan fingerprint density at radius 3 is 2.59 bits per heavy atom. The Balaban J connectivity index is 1.51. The van der Waals surface area contributed by atoms with E-state index >= 15 is 0 Å². The summed E-state index contributed by atoms with van der Waals surface area (Å²) in [6.07, 6.45) is 2.32. The van der Waals surface area contributed by atoms with Crippen molar-refractivity contribution in [2.24, 2.45) is 0 Å². The van der Waals surface area contributed by atoms with Crippen LogP contribution in [0, 0.1) is 6.92 Å². The van der Waals surface area contributed by atoms with Gasteiger partial charge in [0, 0.05) is 42.7 Å². The third kappa shape index (κ3) is 3.53. The molecule has 2 aromatic carbocycles. The number of carbonyl (C=O) groups excluding carboxylic acids is 1. The maximum atomic E-state index is 12.5. The van der Waals surface area contributed by atoms with Gasteiger partial charge in [-0.05, 0) is 54.8 Å². The molecule has 0 bridgehead atoms.